The van der Waals surface area contributed by atoms with Crippen LogP contribution in [-0.2, 0) is 12.0 Å². The predicted molar refractivity (Wildman–Crippen MR) is 105 cm³/mol. The van der Waals surface area contributed by atoms with Gasteiger partial charge in [0.1, 0.15) is 17.4 Å². The molecule has 0 bridgehead atoms. The van der Waals surface area contributed by atoms with E-state index in [-0.39, 0.29) is 16.5 Å². The molecule has 0 aliphatic heterocycles. The second kappa shape index (κ2) is 7.64. The molecule has 166 valence electrons. The number of hydrogen-bond acceptors (Lipinski definition) is 3. The Morgan fingerprint density at radius 1 is 0.968 bits per heavy atom. The molecule has 3 aromatic rings. The fourth-order valence-electron chi connectivity index (χ4n) is 3.82. The fourth-order valence-corrected chi connectivity index (χ4v) is 3.82. The van der Waals surface area contributed by atoms with Crippen molar-refractivity contribution >= 4 is 10.9 Å². The van der Waals surface area contributed by atoms with Crippen LogP contribution in [0.5, 0.6) is 5.75 Å². The average Bonchev–Trinajstić information content (AvgIpc) is 2.64. The Morgan fingerprint density at radius 3 is 2.23 bits per heavy atom. The Hall–Kier alpha value is -2.94. The third-order valence-electron chi connectivity index (χ3n) is 5.32. The molecule has 0 fully saturated rings. The molecule has 0 radical (unpaired) electrons. The highest BCUT2D eigenvalue weighted by Crippen LogP contribution is 2.44. The number of aromatic nitrogens is 1. The Morgan fingerprint density at radius 2 is 1.58 bits per heavy atom. The topological polar surface area (TPSA) is 62.5 Å². The van der Waals surface area contributed by atoms with Gasteiger partial charge in [0, 0.05) is 23.2 Å². The monoisotopic (exact) mass is 441 g/mol. The molecule has 2 N–H and O–H groups in total. The summed E-state index contributed by atoms with van der Waals surface area (Å²) in [6, 6.07) is 7.02. The Bertz CT molecular complexity index is 1190. The number of phenols is 1. The number of alkyl halides is 3. The molecule has 0 aliphatic rings. The van der Waals surface area contributed by atoms with Gasteiger partial charge in [-0.05, 0) is 48.2 Å². The van der Waals surface area contributed by atoms with Crippen molar-refractivity contribution in [2.24, 2.45) is 0 Å². The van der Waals surface area contributed by atoms with E-state index in [9.17, 15) is 37.0 Å². The number of halogens is 5. The minimum Gasteiger partial charge on any atom is -0.508 e. The maximum absolute atomic E-state index is 14.0. The first-order chi connectivity index (χ1) is 14.2. The zero-order chi connectivity index (χ0) is 23.2. The van der Waals surface area contributed by atoms with Crippen molar-refractivity contribution in [3.8, 4) is 5.75 Å². The molecule has 1 unspecified atom stereocenters. The number of aliphatic hydroxyl groups is 1. The molecule has 31 heavy (non-hydrogen) atoms. The van der Waals surface area contributed by atoms with Crippen LogP contribution in [0.15, 0.2) is 53.5 Å². The maximum atomic E-state index is 14.0. The average molecular weight is 441 g/mol. The lowest BCUT2D eigenvalue weighted by Crippen LogP contribution is -2.52. The number of rotatable bonds is 5. The summed E-state index contributed by atoms with van der Waals surface area (Å²) in [4.78, 5) is 12.0. The van der Waals surface area contributed by atoms with E-state index in [4.69, 9.17) is 0 Å². The minimum absolute atomic E-state index is 0.00420. The summed E-state index contributed by atoms with van der Waals surface area (Å²) in [5.74, 6) is -1.92. The van der Waals surface area contributed by atoms with Crippen LogP contribution in [0, 0.1) is 11.6 Å². The molecule has 0 spiro atoms. The Kier molecular flexibility index (Phi) is 5.60. The number of phenolic OH excluding ortho intramolecular Hbond substituents is 1. The van der Waals surface area contributed by atoms with Gasteiger partial charge < -0.3 is 14.8 Å². The number of hydrogen-bond donors (Lipinski definition) is 2. The largest absolute Gasteiger partial charge is 0.508 e. The molecule has 0 saturated carbocycles. The van der Waals surface area contributed by atoms with Gasteiger partial charge in [-0.2, -0.15) is 13.2 Å². The molecule has 2 aromatic carbocycles. The van der Waals surface area contributed by atoms with E-state index in [0.29, 0.717) is 0 Å². The molecule has 0 amide bonds. The third-order valence-corrected chi connectivity index (χ3v) is 5.32. The summed E-state index contributed by atoms with van der Waals surface area (Å²) in [7, 11) is 0. The summed E-state index contributed by atoms with van der Waals surface area (Å²) < 4.78 is 70.5. The van der Waals surface area contributed by atoms with Gasteiger partial charge in [-0.3, -0.25) is 4.79 Å². The van der Waals surface area contributed by atoms with E-state index in [1.807, 2.05) is 0 Å². The van der Waals surface area contributed by atoms with E-state index < -0.39 is 53.0 Å². The Labute approximate surface area is 174 Å². The minimum atomic E-state index is -5.13. The lowest BCUT2D eigenvalue weighted by Gasteiger charge is -2.38. The molecule has 9 heteroatoms. The van der Waals surface area contributed by atoms with Gasteiger partial charge in [0.05, 0.1) is 12.1 Å². The summed E-state index contributed by atoms with van der Waals surface area (Å²) >= 11 is 0. The van der Waals surface area contributed by atoms with E-state index in [1.165, 1.54) is 13.8 Å². The van der Waals surface area contributed by atoms with Gasteiger partial charge in [-0.25, -0.2) is 8.78 Å². The van der Waals surface area contributed by atoms with Crippen LogP contribution in [0.25, 0.3) is 10.9 Å². The first-order valence-corrected chi connectivity index (χ1v) is 9.30. The summed E-state index contributed by atoms with van der Waals surface area (Å²) in [6.45, 7) is 1.62. The summed E-state index contributed by atoms with van der Waals surface area (Å²) in [5.41, 5.74) is -5.57. The molecule has 3 rings (SSSR count). The predicted octanol–water partition coefficient (Wildman–Crippen LogP) is 4.65. The molecule has 1 aromatic heterocycles. The lowest BCUT2D eigenvalue weighted by molar-refractivity contribution is -0.271. The smallest absolute Gasteiger partial charge is 0.418 e. The van der Waals surface area contributed by atoms with Gasteiger partial charge in [-0.1, -0.05) is 13.8 Å². The standard InChI is InChI=1S/C22H20F5NO3/c1-20(2,16-9-13(23)4-6-19(16)30)11-21(31,22(25,26)27)12-28-8-7-18(29)15-5-3-14(24)10-17(15)28/h3-10,30-31H,11-12H2,1-2H3. The highest BCUT2D eigenvalue weighted by Gasteiger charge is 2.56. The van der Waals surface area contributed by atoms with Gasteiger partial charge in [-0.15, -0.1) is 0 Å². The molecule has 1 atom stereocenters. The van der Waals surface area contributed by atoms with Crippen LogP contribution in [-0.4, -0.2) is 26.6 Å². The fraction of sp³-hybridized carbons (Fsp3) is 0.318. The van der Waals surface area contributed by atoms with Crippen LogP contribution in [0.2, 0.25) is 0 Å². The van der Waals surface area contributed by atoms with Crippen molar-refractivity contribution in [2.45, 2.75) is 44.0 Å². The highest BCUT2D eigenvalue weighted by molar-refractivity contribution is 5.78. The number of fused-ring (bicyclic) bond motifs is 1. The summed E-state index contributed by atoms with van der Waals surface area (Å²) in [5, 5.41) is 20.8. The van der Waals surface area contributed by atoms with Crippen molar-refractivity contribution in [3.05, 3.63) is 76.1 Å². The molecular weight excluding hydrogens is 421 g/mol. The van der Waals surface area contributed by atoms with Crippen molar-refractivity contribution < 1.29 is 32.2 Å². The molecule has 4 nitrogen and oxygen atoms in total. The molecule has 0 saturated heterocycles. The molecular formula is C22H20F5NO3. The first kappa shape index (κ1) is 22.7. The van der Waals surface area contributed by atoms with Gasteiger partial charge in [0.2, 0.25) is 0 Å². The van der Waals surface area contributed by atoms with Crippen molar-refractivity contribution in [1.29, 1.82) is 0 Å². The zero-order valence-corrected chi connectivity index (χ0v) is 16.7. The second-order valence-corrected chi connectivity index (χ2v) is 8.22. The number of aromatic hydroxyl groups is 1. The van der Waals surface area contributed by atoms with E-state index in [1.54, 1.807) is 0 Å². The van der Waals surface area contributed by atoms with Gasteiger partial charge in [0.25, 0.3) is 0 Å². The van der Waals surface area contributed by atoms with Gasteiger partial charge >= 0.3 is 6.18 Å². The van der Waals surface area contributed by atoms with E-state index in [0.717, 1.165) is 53.2 Å². The van der Waals surface area contributed by atoms with Crippen molar-refractivity contribution in [3.63, 3.8) is 0 Å². The maximum Gasteiger partial charge on any atom is 0.418 e. The number of benzene rings is 2. The SMILES string of the molecule is CC(C)(CC(O)(Cn1ccc(=O)c2ccc(F)cc21)C(F)(F)F)c1cc(F)ccc1O. The molecule has 1 heterocycles. The zero-order valence-electron chi connectivity index (χ0n) is 16.7. The van der Waals surface area contributed by atoms with E-state index in [2.05, 4.69) is 0 Å². The van der Waals surface area contributed by atoms with Crippen LogP contribution < -0.4 is 5.43 Å². The normalized spacial score (nSPS) is 14.6. The highest BCUT2D eigenvalue weighted by atomic mass is 19.4. The van der Waals surface area contributed by atoms with Crippen LogP contribution in [0.4, 0.5) is 22.0 Å². The Balaban J connectivity index is 2.10. The van der Waals surface area contributed by atoms with Crippen LogP contribution >= 0.6 is 0 Å². The van der Waals surface area contributed by atoms with E-state index >= 15 is 0 Å². The summed E-state index contributed by atoms with van der Waals surface area (Å²) in [6.07, 6.45) is -5.02. The lowest BCUT2D eigenvalue weighted by atomic mass is 9.74. The van der Waals surface area contributed by atoms with Gasteiger partial charge in [0.15, 0.2) is 11.0 Å². The molecule has 0 aliphatic carbocycles. The quantitative estimate of drug-likeness (QED) is 0.567. The van der Waals surface area contributed by atoms with Crippen LogP contribution in [0.3, 0.4) is 0 Å². The van der Waals surface area contributed by atoms with Crippen LogP contribution in [0.1, 0.15) is 25.8 Å². The second-order valence-electron chi connectivity index (χ2n) is 8.22. The number of nitrogens with zero attached hydrogens (tertiary/aromatic N) is 1. The van der Waals surface area contributed by atoms with Crippen molar-refractivity contribution in [2.75, 3.05) is 0 Å². The third kappa shape index (κ3) is 4.41. The number of pyridine rings is 1. The van der Waals surface area contributed by atoms with Crippen molar-refractivity contribution in [1.82, 2.24) is 4.57 Å². The first-order valence-electron chi connectivity index (χ1n) is 9.30.